The highest BCUT2D eigenvalue weighted by Gasteiger charge is 2.48. The molecule has 5 nitrogen and oxygen atoms in total. The fourth-order valence-corrected chi connectivity index (χ4v) is 4.14. The lowest BCUT2D eigenvalue weighted by atomic mass is 9.81. The van der Waals surface area contributed by atoms with Gasteiger partial charge in [0.15, 0.2) is 0 Å². The zero-order chi connectivity index (χ0) is 11.2. The summed E-state index contributed by atoms with van der Waals surface area (Å²) in [5.41, 5.74) is 0.00194. The average molecular weight is 246 g/mol. The summed E-state index contributed by atoms with van der Waals surface area (Å²) in [5.74, 6) is 0.467. The van der Waals surface area contributed by atoms with Gasteiger partial charge in [0.25, 0.3) is 0 Å². The largest absolute Gasteiger partial charge is 0.380 e. The van der Waals surface area contributed by atoms with Gasteiger partial charge < -0.3 is 10.1 Å². The Morgan fingerprint density at radius 1 is 1.44 bits per heavy atom. The molecule has 3 rings (SSSR count). The lowest BCUT2D eigenvalue weighted by molar-refractivity contribution is 0.153. The van der Waals surface area contributed by atoms with Gasteiger partial charge in [-0.15, -0.1) is 0 Å². The van der Waals surface area contributed by atoms with Crippen molar-refractivity contribution in [3.05, 3.63) is 0 Å². The molecule has 2 heterocycles. The van der Waals surface area contributed by atoms with Crippen LogP contribution in [0.15, 0.2) is 0 Å². The average Bonchev–Trinajstić information content (AvgIpc) is 2.90. The number of nitrogens with one attached hydrogen (secondary N) is 2. The van der Waals surface area contributed by atoms with Crippen molar-refractivity contribution in [2.45, 2.75) is 18.1 Å². The SMILES string of the molecule is O=S(=O)(NC[C@@]12CNC[C@@H]1COC2)C1CC1. The van der Waals surface area contributed by atoms with E-state index in [2.05, 4.69) is 10.0 Å². The molecular formula is C10H18N2O3S. The van der Waals surface area contributed by atoms with Crippen LogP contribution >= 0.6 is 0 Å². The maximum atomic E-state index is 11.8. The predicted octanol–water partition coefficient (Wildman–Crippen LogP) is -0.696. The molecule has 16 heavy (non-hydrogen) atoms. The van der Waals surface area contributed by atoms with Crippen LogP contribution in [0.3, 0.4) is 0 Å². The van der Waals surface area contributed by atoms with Crippen LogP contribution in [-0.2, 0) is 14.8 Å². The highest BCUT2D eigenvalue weighted by molar-refractivity contribution is 7.90. The molecule has 0 spiro atoms. The highest BCUT2D eigenvalue weighted by Crippen LogP contribution is 2.37. The van der Waals surface area contributed by atoms with Crippen LogP contribution in [0.25, 0.3) is 0 Å². The summed E-state index contributed by atoms with van der Waals surface area (Å²) >= 11 is 0. The molecular weight excluding hydrogens is 228 g/mol. The molecule has 0 unspecified atom stereocenters. The Morgan fingerprint density at radius 2 is 2.25 bits per heavy atom. The Bertz CT molecular complexity index is 368. The third kappa shape index (κ3) is 1.77. The van der Waals surface area contributed by atoms with E-state index in [9.17, 15) is 8.42 Å². The molecule has 2 saturated heterocycles. The van der Waals surface area contributed by atoms with Gasteiger partial charge in [-0.1, -0.05) is 0 Å². The molecule has 92 valence electrons. The lowest BCUT2D eigenvalue weighted by Gasteiger charge is -2.26. The van der Waals surface area contributed by atoms with Gasteiger partial charge in [0.05, 0.1) is 18.5 Å². The van der Waals surface area contributed by atoms with E-state index in [0.29, 0.717) is 19.1 Å². The predicted molar refractivity (Wildman–Crippen MR) is 59.6 cm³/mol. The molecule has 3 fully saturated rings. The van der Waals surface area contributed by atoms with E-state index in [-0.39, 0.29) is 10.7 Å². The fraction of sp³-hybridized carbons (Fsp3) is 1.00. The second-order valence-corrected chi connectivity index (χ2v) is 7.32. The van der Waals surface area contributed by atoms with Crippen LogP contribution in [-0.4, -0.2) is 46.5 Å². The molecule has 1 aliphatic carbocycles. The van der Waals surface area contributed by atoms with E-state index >= 15 is 0 Å². The van der Waals surface area contributed by atoms with Crippen molar-refractivity contribution in [1.29, 1.82) is 0 Å². The highest BCUT2D eigenvalue weighted by atomic mass is 32.2. The molecule has 2 N–H and O–H groups in total. The first-order valence-electron chi connectivity index (χ1n) is 5.89. The standard InChI is InChI=1S/C10H18N2O3S/c13-16(14,9-1-2-9)12-6-10-5-11-3-8(10)4-15-7-10/h8-9,11-12H,1-7H2/t8-,10-/m1/s1. The van der Waals surface area contributed by atoms with Crippen LogP contribution < -0.4 is 10.0 Å². The van der Waals surface area contributed by atoms with Gasteiger partial charge in [-0.25, -0.2) is 13.1 Å². The van der Waals surface area contributed by atoms with Crippen molar-refractivity contribution < 1.29 is 13.2 Å². The zero-order valence-corrected chi connectivity index (χ0v) is 10.1. The zero-order valence-electron chi connectivity index (χ0n) is 9.24. The van der Waals surface area contributed by atoms with Crippen molar-refractivity contribution in [3.8, 4) is 0 Å². The second kappa shape index (κ2) is 3.66. The van der Waals surface area contributed by atoms with E-state index in [0.717, 1.165) is 32.5 Å². The minimum absolute atomic E-state index is 0.00194. The Balaban J connectivity index is 1.65. The molecule has 0 aromatic carbocycles. The monoisotopic (exact) mass is 246 g/mol. The van der Waals surface area contributed by atoms with Crippen LogP contribution in [0.1, 0.15) is 12.8 Å². The first-order chi connectivity index (χ1) is 7.62. The van der Waals surface area contributed by atoms with Crippen molar-refractivity contribution >= 4 is 10.0 Å². The third-order valence-corrected chi connectivity index (χ3v) is 5.93. The summed E-state index contributed by atoms with van der Waals surface area (Å²) in [6.07, 6.45) is 1.64. The molecule has 0 radical (unpaired) electrons. The molecule has 1 saturated carbocycles. The Labute approximate surface area is 96.0 Å². The van der Waals surface area contributed by atoms with Crippen LogP contribution in [0.5, 0.6) is 0 Å². The number of ether oxygens (including phenoxy) is 1. The van der Waals surface area contributed by atoms with Gasteiger partial charge in [-0.3, -0.25) is 0 Å². The maximum Gasteiger partial charge on any atom is 0.214 e. The number of rotatable bonds is 4. The Hall–Kier alpha value is -0.170. The molecule has 0 bridgehead atoms. The topological polar surface area (TPSA) is 67.4 Å². The van der Waals surface area contributed by atoms with E-state index < -0.39 is 10.0 Å². The van der Waals surface area contributed by atoms with Gasteiger partial charge >= 0.3 is 0 Å². The van der Waals surface area contributed by atoms with Crippen LogP contribution in [0, 0.1) is 11.3 Å². The number of hydrogen-bond donors (Lipinski definition) is 2. The van der Waals surface area contributed by atoms with Crippen LogP contribution in [0.4, 0.5) is 0 Å². The first kappa shape index (κ1) is 11.0. The van der Waals surface area contributed by atoms with Crippen LogP contribution in [0.2, 0.25) is 0 Å². The van der Waals surface area contributed by atoms with Gasteiger partial charge in [0, 0.05) is 31.0 Å². The van der Waals surface area contributed by atoms with E-state index in [4.69, 9.17) is 4.74 Å². The summed E-state index contributed by atoms with van der Waals surface area (Å²) in [6.45, 7) is 3.79. The molecule has 3 aliphatic rings. The van der Waals surface area contributed by atoms with Crippen molar-refractivity contribution in [2.75, 3.05) is 32.8 Å². The van der Waals surface area contributed by atoms with Crippen molar-refractivity contribution in [2.24, 2.45) is 11.3 Å². The molecule has 0 amide bonds. The number of fused-ring (bicyclic) bond motifs is 1. The molecule has 0 aromatic rings. The summed E-state index contributed by atoms with van der Waals surface area (Å²) < 4.78 is 31.8. The number of hydrogen-bond acceptors (Lipinski definition) is 4. The summed E-state index contributed by atoms with van der Waals surface area (Å²) in [6, 6.07) is 0. The number of sulfonamides is 1. The van der Waals surface area contributed by atoms with Gasteiger partial charge in [-0.05, 0) is 12.8 Å². The lowest BCUT2D eigenvalue weighted by Crippen LogP contribution is -2.43. The smallest absolute Gasteiger partial charge is 0.214 e. The fourth-order valence-electron chi connectivity index (χ4n) is 2.66. The van der Waals surface area contributed by atoms with E-state index in [1.54, 1.807) is 0 Å². The van der Waals surface area contributed by atoms with E-state index in [1.165, 1.54) is 0 Å². The van der Waals surface area contributed by atoms with Crippen molar-refractivity contribution in [3.63, 3.8) is 0 Å². The normalized spacial score (nSPS) is 38.9. The molecule has 6 heteroatoms. The summed E-state index contributed by atoms with van der Waals surface area (Å²) in [5, 5.41) is 3.21. The maximum absolute atomic E-state index is 11.8. The minimum Gasteiger partial charge on any atom is -0.380 e. The molecule has 0 aromatic heterocycles. The quantitative estimate of drug-likeness (QED) is 0.688. The second-order valence-electron chi connectivity index (χ2n) is 5.27. The minimum atomic E-state index is -3.05. The summed E-state index contributed by atoms with van der Waals surface area (Å²) in [7, 11) is -3.05. The molecule has 2 atom stereocenters. The third-order valence-electron chi connectivity index (χ3n) is 4.03. The Morgan fingerprint density at radius 3 is 3.00 bits per heavy atom. The van der Waals surface area contributed by atoms with Crippen molar-refractivity contribution in [1.82, 2.24) is 10.0 Å². The molecule has 2 aliphatic heterocycles. The first-order valence-corrected chi connectivity index (χ1v) is 7.44. The van der Waals surface area contributed by atoms with E-state index in [1.807, 2.05) is 0 Å². The van der Waals surface area contributed by atoms with Gasteiger partial charge in [0.1, 0.15) is 0 Å². The Kier molecular flexibility index (Phi) is 2.51. The van der Waals surface area contributed by atoms with Gasteiger partial charge in [-0.2, -0.15) is 0 Å². The summed E-state index contributed by atoms with van der Waals surface area (Å²) in [4.78, 5) is 0. The van der Waals surface area contributed by atoms with Gasteiger partial charge in [0.2, 0.25) is 10.0 Å².